The van der Waals surface area contributed by atoms with Crippen LogP contribution in [0.15, 0.2) is 6.33 Å². The highest BCUT2D eigenvalue weighted by Crippen LogP contribution is 2.05. The van der Waals surface area contributed by atoms with Gasteiger partial charge in [-0.2, -0.15) is 5.10 Å². The molecule has 0 bridgehead atoms. The maximum atomic E-state index is 6.05. The molecular weight excluding hydrogens is 236 g/mol. The topological polar surface area (TPSA) is 42.7 Å². The van der Waals surface area contributed by atoms with Crippen molar-refractivity contribution in [1.29, 1.82) is 0 Å². The van der Waals surface area contributed by atoms with E-state index < -0.39 is 0 Å². The number of alkyl halides is 1. The van der Waals surface area contributed by atoms with Crippen LogP contribution in [0.5, 0.6) is 0 Å². The molecule has 1 unspecified atom stereocenters. The molecular formula is C12H23ClN4. The minimum Gasteiger partial charge on any atom is -0.310 e. The number of halogens is 1. The molecule has 0 saturated carbocycles. The smallest absolute Gasteiger partial charge is 0.140 e. The van der Waals surface area contributed by atoms with E-state index in [-0.39, 0.29) is 5.38 Å². The summed E-state index contributed by atoms with van der Waals surface area (Å²) >= 11 is 6.05. The van der Waals surface area contributed by atoms with Gasteiger partial charge in [0, 0.05) is 11.9 Å². The van der Waals surface area contributed by atoms with Crippen LogP contribution in [0.25, 0.3) is 0 Å². The molecule has 0 aromatic carbocycles. The third-order valence-electron chi connectivity index (χ3n) is 2.59. The highest BCUT2D eigenvalue weighted by atomic mass is 35.5. The Hall–Kier alpha value is -0.610. The first-order valence-corrected chi connectivity index (χ1v) is 6.78. The zero-order chi connectivity index (χ0) is 12.7. The summed E-state index contributed by atoms with van der Waals surface area (Å²) in [6.45, 7) is 9.08. The SMILES string of the molecule is CCC(Cl)CCNCc1ncnn1CC(C)C. The number of hydrogen-bond acceptors (Lipinski definition) is 3. The molecule has 1 aromatic rings. The molecule has 0 fully saturated rings. The lowest BCUT2D eigenvalue weighted by Gasteiger charge is -2.10. The lowest BCUT2D eigenvalue weighted by Crippen LogP contribution is -2.21. The summed E-state index contributed by atoms with van der Waals surface area (Å²) in [5.74, 6) is 1.59. The van der Waals surface area contributed by atoms with E-state index in [9.17, 15) is 0 Å². The molecule has 98 valence electrons. The van der Waals surface area contributed by atoms with Crippen molar-refractivity contribution in [3.8, 4) is 0 Å². The van der Waals surface area contributed by atoms with Crippen LogP contribution in [-0.4, -0.2) is 26.7 Å². The minimum absolute atomic E-state index is 0.274. The van der Waals surface area contributed by atoms with Crippen LogP contribution in [-0.2, 0) is 13.1 Å². The van der Waals surface area contributed by atoms with E-state index in [1.54, 1.807) is 6.33 Å². The van der Waals surface area contributed by atoms with Gasteiger partial charge in [-0.05, 0) is 25.3 Å². The second-order valence-corrected chi connectivity index (χ2v) is 5.34. The Bertz CT molecular complexity index is 311. The molecule has 0 amide bonds. The van der Waals surface area contributed by atoms with Crippen molar-refractivity contribution in [2.45, 2.75) is 52.1 Å². The number of hydrogen-bond donors (Lipinski definition) is 1. The van der Waals surface area contributed by atoms with E-state index in [0.717, 1.165) is 38.3 Å². The molecule has 1 aromatic heterocycles. The summed E-state index contributed by atoms with van der Waals surface area (Å²) in [7, 11) is 0. The van der Waals surface area contributed by atoms with Gasteiger partial charge in [-0.15, -0.1) is 11.6 Å². The zero-order valence-electron chi connectivity index (χ0n) is 11.0. The van der Waals surface area contributed by atoms with Crippen LogP contribution in [0.4, 0.5) is 0 Å². The first kappa shape index (κ1) is 14.5. The van der Waals surface area contributed by atoms with Gasteiger partial charge >= 0.3 is 0 Å². The summed E-state index contributed by atoms with van der Waals surface area (Å²) in [5, 5.41) is 7.86. The monoisotopic (exact) mass is 258 g/mol. The van der Waals surface area contributed by atoms with E-state index in [2.05, 4.69) is 36.2 Å². The van der Waals surface area contributed by atoms with Gasteiger partial charge in [0.1, 0.15) is 12.2 Å². The Morgan fingerprint density at radius 1 is 1.47 bits per heavy atom. The fourth-order valence-electron chi connectivity index (χ4n) is 1.59. The Morgan fingerprint density at radius 3 is 2.88 bits per heavy atom. The van der Waals surface area contributed by atoms with Gasteiger partial charge < -0.3 is 5.32 Å². The number of nitrogens with one attached hydrogen (secondary N) is 1. The maximum absolute atomic E-state index is 6.05. The van der Waals surface area contributed by atoms with E-state index >= 15 is 0 Å². The average Bonchev–Trinajstić information content (AvgIpc) is 2.70. The molecule has 0 saturated heterocycles. The van der Waals surface area contributed by atoms with Gasteiger partial charge in [0.15, 0.2) is 0 Å². The Morgan fingerprint density at radius 2 is 2.24 bits per heavy atom. The number of nitrogens with zero attached hydrogens (tertiary/aromatic N) is 3. The quantitative estimate of drug-likeness (QED) is 0.575. The molecule has 17 heavy (non-hydrogen) atoms. The molecule has 1 heterocycles. The van der Waals surface area contributed by atoms with Crippen molar-refractivity contribution in [2.75, 3.05) is 6.54 Å². The molecule has 1 N–H and O–H groups in total. The predicted molar refractivity (Wildman–Crippen MR) is 71.1 cm³/mol. The van der Waals surface area contributed by atoms with Crippen LogP contribution in [0.2, 0.25) is 0 Å². The summed E-state index contributed by atoms with van der Waals surface area (Å²) in [4.78, 5) is 4.26. The lowest BCUT2D eigenvalue weighted by molar-refractivity contribution is 0.456. The molecule has 0 aliphatic heterocycles. The van der Waals surface area contributed by atoms with Crippen molar-refractivity contribution in [1.82, 2.24) is 20.1 Å². The van der Waals surface area contributed by atoms with Crippen molar-refractivity contribution >= 4 is 11.6 Å². The second-order valence-electron chi connectivity index (χ2n) is 4.72. The summed E-state index contributed by atoms with van der Waals surface area (Å²) < 4.78 is 1.97. The van der Waals surface area contributed by atoms with Gasteiger partial charge in [0.25, 0.3) is 0 Å². The third-order valence-corrected chi connectivity index (χ3v) is 3.12. The summed E-state index contributed by atoms with van der Waals surface area (Å²) in [5.41, 5.74) is 0. The summed E-state index contributed by atoms with van der Waals surface area (Å²) in [6.07, 6.45) is 3.64. The van der Waals surface area contributed by atoms with E-state index in [4.69, 9.17) is 11.6 Å². The fraction of sp³-hybridized carbons (Fsp3) is 0.833. The zero-order valence-corrected chi connectivity index (χ0v) is 11.7. The Labute approximate surface area is 109 Å². The van der Waals surface area contributed by atoms with Gasteiger partial charge in [-0.1, -0.05) is 20.8 Å². The predicted octanol–water partition coefficient (Wildman–Crippen LogP) is 2.43. The normalized spacial score (nSPS) is 13.2. The largest absolute Gasteiger partial charge is 0.310 e. The molecule has 5 heteroatoms. The Balaban J connectivity index is 2.29. The van der Waals surface area contributed by atoms with Gasteiger partial charge in [0.2, 0.25) is 0 Å². The van der Waals surface area contributed by atoms with Crippen LogP contribution in [0, 0.1) is 5.92 Å². The lowest BCUT2D eigenvalue weighted by atomic mass is 10.2. The standard InChI is InChI=1S/C12H23ClN4/c1-4-11(13)5-6-14-7-12-15-9-16-17(12)8-10(2)3/h9-11,14H,4-8H2,1-3H3. The first-order chi connectivity index (χ1) is 8.13. The van der Waals surface area contributed by atoms with Crippen molar-refractivity contribution in [3.63, 3.8) is 0 Å². The minimum atomic E-state index is 0.274. The van der Waals surface area contributed by atoms with Crippen LogP contribution in [0.3, 0.4) is 0 Å². The number of rotatable bonds is 8. The second kappa shape index (κ2) is 7.67. The molecule has 1 rings (SSSR count). The third kappa shape index (κ3) is 5.50. The molecule has 0 radical (unpaired) electrons. The van der Waals surface area contributed by atoms with Gasteiger partial charge in [-0.25, -0.2) is 9.67 Å². The Kier molecular flexibility index (Phi) is 6.52. The molecule has 0 spiro atoms. The molecule has 1 atom stereocenters. The first-order valence-electron chi connectivity index (χ1n) is 6.35. The number of aromatic nitrogens is 3. The van der Waals surface area contributed by atoms with Crippen LogP contribution in [0.1, 0.15) is 39.4 Å². The average molecular weight is 259 g/mol. The van der Waals surface area contributed by atoms with Crippen molar-refractivity contribution in [3.05, 3.63) is 12.2 Å². The van der Waals surface area contributed by atoms with Crippen molar-refractivity contribution < 1.29 is 0 Å². The molecule has 0 aliphatic carbocycles. The van der Waals surface area contributed by atoms with Crippen LogP contribution >= 0.6 is 11.6 Å². The summed E-state index contributed by atoms with van der Waals surface area (Å²) in [6, 6.07) is 0. The maximum Gasteiger partial charge on any atom is 0.140 e. The molecule has 0 aliphatic rings. The van der Waals surface area contributed by atoms with Crippen molar-refractivity contribution in [2.24, 2.45) is 5.92 Å². The van der Waals surface area contributed by atoms with E-state index in [0.29, 0.717) is 5.92 Å². The molecule has 4 nitrogen and oxygen atoms in total. The van der Waals surface area contributed by atoms with Gasteiger partial charge in [-0.3, -0.25) is 0 Å². The van der Waals surface area contributed by atoms with E-state index in [1.165, 1.54) is 0 Å². The highest BCUT2D eigenvalue weighted by molar-refractivity contribution is 6.20. The highest BCUT2D eigenvalue weighted by Gasteiger charge is 2.06. The fourth-order valence-corrected chi connectivity index (χ4v) is 1.70. The van der Waals surface area contributed by atoms with Crippen LogP contribution < -0.4 is 5.32 Å². The van der Waals surface area contributed by atoms with Gasteiger partial charge in [0.05, 0.1) is 6.54 Å². The van der Waals surface area contributed by atoms with E-state index in [1.807, 2.05) is 4.68 Å².